The number of nitrogens with zero attached hydrogens (tertiary/aromatic N) is 1. The molecule has 0 aliphatic rings. The van der Waals surface area contributed by atoms with E-state index >= 15 is 0 Å². The van der Waals surface area contributed by atoms with E-state index in [1.807, 2.05) is 25.1 Å². The highest BCUT2D eigenvalue weighted by atomic mass is 16.5. The number of amides is 2. The van der Waals surface area contributed by atoms with Crippen LogP contribution in [0.4, 0.5) is 0 Å². The van der Waals surface area contributed by atoms with Crippen molar-refractivity contribution >= 4 is 11.8 Å². The maximum absolute atomic E-state index is 12.6. The molecule has 1 aromatic heterocycles. The predicted molar refractivity (Wildman–Crippen MR) is 112 cm³/mol. The second-order valence-electron chi connectivity index (χ2n) is 6.49. The van der Waals surface area contributed by atoms with E-state index < -0.39 is 5.91 Å². The Hall–Kier alpha value is -3.87. The van der Waals surface area contributed by atoms with Gasteiger partial charge >= 0.3 is 0 Å². The van der Waals surface area contributed by atoms with Crippen LogP contribution >= 0.6 is 0 Å². The molecule has 0 aliphatic carbocycles. The number of hydrogen-bond acceptors (Lipinski definition) is 5. The fraction of sp³-hybridized carbons (Fsp3) is 0.174. The van der Waals surface area contributed by atoms with Crippen LogP contribution in [0.1, 0.15) is 38.8 Å². The van der Waals surface area contributed by atoms with Gasteiger partial charge in [0.25, 0.3) is 5.91 Å². The van der Waals surface area contributed by atoms with Crippen LogP contribution in [-0.2, 0) is 13.2 Å². The summed E-state index contributed by atoms with van der Waals surface area (Å²) in [6.07, 6.45) is 3.41. The molecule has 3 N–H and O–H groups in total. The molecular weight excluding hydrogens is 382 g/mol. The molecule has 7 nitrogen and oxygen atoms in total. The van der Waals surface area contributed by atoms with Gasteiger partial charge in [-0.25, -0.2) is 0 Å². The fourth-order valence-electron chi connectivity index (χ4n) is 2.80. The molecule has 0 bridgehead atoms. The molecule has 3 aromatic rings. The van der Waals surface area contributed by atoms with Crippen molar-refractivity contribution in [1.82, 2.24) is 10.3 Å². The molecule has 0 fully saturated rings. The number of carbonyl (C=O) groups is 2. The monoisotopic (exact) mass is 405 g/mol. The molecule has 0 saturated heterocycles. The summed E-state index contributed by atoms with van der Waals surface area (Å²) in [7, 11) is 0. The van der Waals surface area contributed by atoms with Gasteiger partial charge in [-0.05, 0) is 60.5 Å². The highest BCUT2D eigenvalue weighted by Gasteiger charge is 2.12. The molecule has 0 unspecified atom stereocenters. The first-order chi connectivity index (χ1) is 14.6. The molecule has 1 heterocycles. The Bertz CT molecular complexity index is 1020. The largest absolute Gasteiger partial charge is 0.490 e. The van der Waals surface area contributed by atoms with Crippen molar-refractivity contribution in [2.24, 2.45) is 5.73 Å². The molecule has 0 saturated carbocycles. The van der Waals surface area contributed by atoms with Crippen LogP contribution in [0.5, 0.6) is 11.5 Å². The van der Waals surface area contributed by atoms with Crippen molar-refractivity contribution < 1.29 is 19.1 Å². The number of nitrogens with one attached hydrogen (secondary N) is 1. The van der Waals surface area contributed by atoms with Gasteiger partial charge in [0.15, 0.2) is 11.5 Å². The molecule has 2 amide bonds. The summed E-state index contributed by atoms with van der Waals surface area (Å²) in [4.78, 5) is 27.9. The van der Waals surface area contributed by atoms with E-state index in [1.54, 1.807) is 48.8 Å². The van der Waals surface area contributed by atoms with Crippen molar-refractivity contribution in [3.63, 3.8) is 0 Å². The average Bonchev–Trinajstić information content (AvgIpc) is 2.77. The Labute approximate surface area is 174 Å². The number of benzene rings is 2. The van der Waals surface area contributed by atoms with E-state index in [-0.39, 0.29) is 12.5 Å². The number of ether oxygens (including phenoxy) is 2. The minimum Gasteiger partial charge on any atom is -0.490 e. The van der Waals surface area contributed by atoms with Crippen molar-refractivity contribution in [2.75, 3.05) is 6.61 Å². The van der Waals surface area contributed by atoms with Gasteiger partial charge < -0.3 is 20.5 Å². The third-order valence-corrected chi connectivity index (χ3v) is 4.31. The zero-order chi connectivity index (χ0) is 21.3. The van der Waals surface area contributed by atoms with Crippen molar-refractivity contribution in [1.29, 1.82) is 0 Å². The summed E-state index contributed by atoms with van der Waals surface area (Å²) < 4.78 is 11.5. The van der Waals surface area contributed by atoms with E-state index in [0.29, 0.717) is 35.8 Å². The third-order valence-electron chi connectivity index (χ3n) is 4.31. The topological polar surface area (TPSA) is 104 Å². The molecule has 0 spiro atoms. The van der Waals surface area contributed by atoms with Crippen molar-refractivity contribution in [3.05, 3.63) is 89.2 Å². The predicted octanol–water partition coefficient (Wildman–Crippen LogP) is 3.09. The standard InChI is InChI=1S/C23H23N3O4/c1-2-29-21-13-19(6-7-20(21)30-15-16-8-10-25-11-9-16)23(28)26-14-17-4-3-5-18(12-17)22(24)27/h3-13H,2,14-15H2,1H3,(H2,24,27)(H,26,28). The lowest BCUT2D eigenvalue weighted by Gasteiger charge is -2.14. The molecule has 2 aromatic carbocycles. The van der Waals surface area contributed by atoms with Gasteiger partial charge in [0, 0.05) is 30.1 Å². The molecule has 0 aliphatic heterocycles. The minimum atomic E-state index is -0.508. The highest BCUT2D eigenvalue weighted by Crippen LogP contribution is 2.29. The van der Waals surface area contributed by atoms with Crippen LogP contribution in [0.15, 0.2) is 67.0 Å². The smallest absolute Gasteiger partial charge is 0.251 e. The minimum absolute atomic E-state index is 0.263. The third kappa shape index (κ3) is 5.57. The molecule has 0 atom stereocenters. The molecule has 3 rings (SSSR count). The Morgan fingerprint density at radius 2 is 1.73 bits per heavy atom. The van der Waals surface area contributed by atoms with Gasteiger partial charge in [-0.1, -0.05) is 12.1 Å². The molecule has 154 valence electrons. The van der Waals surface area contributed by atoms with E-state index in [2.05, 4.69) is 10.3 Å². The number of nitrogens with two attached hydrogens (primary N) is 1. The number of rotatable bonds is 9. The fourth-order valence-corrected chi connectivity index (χ4v) is 2.80. The highest BCUT2D eigenvalue weighted by molar-refractivity contribution is 5.95. The summed E-state index contributed by atoms with van der Waals surface area (Å²) in [5.74, 6) is 0.280. The lowest BCUT2D eigenvalue weighted by atomic mass is 10.1. The molecular formula is C23H23N3O4. The van der Waals surface area contributed by atoms with Crippen LogP contribution in [0.25, 0.3) is 0 Å². The molecule has 0 radical (unpaired) electrons. The number of aromatic nitrogens is 1. The van der Waals surface area contributed by atoms with E-state index in [0.717, 1.165) is 11.1 Å². The van der Waals surface area contributed by atoms with Gasteiger partial charge in [-0.3, -0.25) is 14.6 Å². The quantitative estimate of drug-likeness (QED) is 0.569. The number of pyridine rings is 1. The summed E-state index contributed by atoms with van der Waals surface area (Å²) in [5, 5.41) is 2.83. The first-order valence-electron chi connectivity index (χ1n) is 9.52. The maximum Gasteiger partial charge on any atom is 0.251 e. The van der Waals surface area contributed by atoms with Gasteiger partial charge in [0.1, 0.15) is 6.61 Å². The zero-order valence-electron chi connectivity index (χ0n) is 16.6. The Kier molecular flexibility index (Phi) is 7.00. The molecule has 30 heavy (non-hydrogen) atoms. The number of carbonyl (C=O) groups excluding carboxylic acids is 2. The Balaban J connectivity index is 1.67. The van der Waals surface area contributed by atoms with Gasteiger partial charge in [0.2, 0.25) is 5.91 Å². The maximum atomic E-state index is 12.6. The average molecular weight is 405 g/mol. The number of hydrogen-bond donors (Lipinski definition) is 2. The second-order valence-corrected chi connectivity index (χ2v) is 6.49. The van der Waals surface area contributed by atoms with Gasteiger partial charge in [-0.15, -0.1) is 0 Å². The van der Waals surface area contributed by atoms with Gasteiger partial charge in [0.05, 0.1) is 6.61 Å². The van der Waals surface area contributed by atoms with E-state index in [9.17, 15) is 9.59 Å². The second kappa shape index (κ2) is 10.1. The number of primary amides is 1. The summed E-state index contributed by atoms with van der Waals surface area (Å²) in [5.41, 5.74) is 7.90. The van der Waals surface area contributed by atoms with Crippen LogP contribution in [0, 0.1) is 0 Å². The summed E-state index contributed by atoms with van der Waals surface area (Å²) in [6.45, 7) is 2.94. The normalized spacial score (nSPS) is 10.3. The Morgan fingerprint density at radius 3 is 2.47 bits per heavy atom. The van der Waals surface area contributed by atoms with Crippen LogP contribution in [-0.4, -0.2) is 23.4 Å². The van der Waals surface area contributed by atoms with E-state index in [1.165, 1.54) is 0 Å². The zero-order valence-corrected chi connectivity index (χ0v) is 16.6. The van der Waals surface area contributed by atoms with Crippen LogP contribution in [0.3, 0.4) is 0 Å². The van der Waals surface area contributed by atoms with Crippen LogP contribution in [0.2, 0.25) is 0 Å². The Morgan fingerprint density at radius 1 is 0.933 bits per heavy atom. The van der Waals surface area contributed by atoms with Gasteiger partial charge in [-0.2, -0.15) is 0 Å². The lowest BCUT2D eigenvalue weighted by Crippen LogP contribution is -2.23. The summed E-state index contributed by atoms with van der Waals surface area (Å²) in [6, 6.07) is 15.6. The van der Waals surface area contributed by atoms with Crippen molar-refractivity contribution in [3.8, 4) is 11.5 Å². The van der Waals surface area contributed by atoms with Crippen LogP contribution < -0.4 is 20.5 Å². The SMILES string of the molecule is CCOc1cc(C(=O)NCc2cccc(C(N)=O)c2)ccc1OCc1ccncc1. The molecule has 7 heteroatoms. The van der Waals surface area contributed by atoms with Crippen molar-refractivity contribution in [2.45, 2.75) is 20.1 Å². The van der Waals surface area contributed by atoms with E-state index in [4.69, 9.17) is 15.2 Å². The first-order valence-corrected chi connectivity index (χ1v) is 9.52. The lowest BCUT2D eigenvalue weighted by molar-refractivity contribution is 0.0949. The summed E-state index contributed by atoms with van der Waals surface area (Å²) >= 11 is 0. The first kappa shape index (κ1) is 20.9.